The van der Waals surface area contributed by atoms with E-state index in [4.69, 9.17) is 0 Å². The second-order valence-electron chi connectivity index (χ2n) is 7.73. The topological polar surface area (TPSA) is 81.1 Å². The van der Waals surface area contributed by atoms with Crippen molar-refractivity contribution in [1.29, 1.82) is 0 Å². The molecular formula is C22H27N3O3S2. The third-order valence-electron chi connectivity index (χ3n) is 4.49. The molecule has 30 heavy (non-hydrogen) atoms. The minimum atomic E-state index is -3.93. The highest BCUT2D eigenvalue weighted by Crippen LogP contribution is 2.36. The van der Waals surface area contributed by atoms with Crippen LogP contribution in [-0.4, -0.2) is 23.9 Å². The third kappa shape index (κ3) is 5.58. The van der Waals surface area contributed by atoms with E-state index < -0.39 is 15.9 Å². The van der Waals surface area contributed by atoms with Crippen molar-refractivity contribution in [1.82, 2.24) is 14.3 Å². The summed E-state index contributed by atoms with van der Waals surface area (Å²) in [5.41, 5.74) is 2.50. The Morgan fingerprint density at radius 3 is 2.73 bits per heavy atom. The van der Waals surface area contributed by atoms with Crippen molar-refractivity contribution in [2.45, 2.75) is 50.8 Å². The van der Waals surface area contributed by atoms with Crippen molar-refractivity contribution in [3.8, 4) is 11.1 Å². The van der Waals surface area contributed by atoms with Gasteiger partial charge in [-0.15, -0.1) is 11.3 Å². The number of rotatable bonds is 9. The van der Waals surface area contributed by atoms with Gasteiger partial charge >= 0.3 is 0 Å². The van der Waals surface area contributed by atoms with Crippen LogP contribution in [-0.2, 0) is 27.8 Å². The molecule has 1 amide bonds. The smallest absolute Gasteiger partial charge is 0.274 e. The van der Waals surface area contributed by atoms with E-state index in [9.17, 15) is 13.2 Å². The van der Waals surface area contributed by atoms with Crippen LogP contribution in [0.3, 0.4) is 0 Å². The van der Waals surface area contributed by atoms with E-state index in [1.165, 1.54) is 11.3 Å². The van der Waals surface area contributed by atoms with Gasteiger partial charge in [-0.3, -0.25) is 4.79 Å². The molecule has 6 nitrogen and oxygen atoms in total. The lowest BCUT2D eigenvalue weighted by Gasteiger charge is -2.09. The summed E-state index contributed by atoms with van der Waals surface area (Å²) in [5.74, 6) is -0.0783. The third-order valence-corrected chi connectivity index (χ3v) is 7.55. The molecule has 1 aromatic carbocycles. The first-order valence-corrected chi connectivity index (χ1v) is 12.3. The zero-order valence-corrected chi connectivity index (χ0v) is 19.1. The van der Waals surface area contributed by atoms with Gasteiger partial charge in [0, 0.05) is 35.8 Å². The maximum atomic E-state index is 13.0. The summed E-state index contributed by atoms with van der Waals surface area (Å²) in [6.07, 6.45) is 6.91. The molecule has 0 saturated heterocycles. The Balaban J connectivity index is 2.01. The SMILES string of the molecule is CCCC(=O)NS(=O)(=O)c1sc(CC(C)C)cc1-c1cccc(Cn2ccnc2)c1. The van der Waals surface area contributed by atoms with E-state index in [1.807, 2.05) is 48.0 Å². The van der Waals surface area contributed by atoms with Crippen molar-refractivity contribution in [3.63, 3.8) is 0 Å². The van der Waals surface area contributed by atoms with Crippen molar-refractivity contribution in [3.05, 3.63) is 59.5 Å². The molecule has 0 saturated carbocycles. The number of sulfonamides is 1. The van der Waals surface area contributed by atoms with Gasteiger partial charge in [-0.05, 0) is 42.0 Å². The highest BCUT2D eigenvalue weighted by Gasteiger charge is 2.25. The Morgan fingerprint density at radius 2 is 2.07 bits per heavy atom. The average Bonchev–Trinajstić information content (AvgIpc) is 3.31. The minimum absolute atomic E-state index is 0.180. The Hall–Kier alpha value is -2.45. The molecule has 0 radical (unpaired) electrons. The summed E-state index contributed by atoms with van der Waals surface area (Å²) in [6, 6.07) is 9.77. The molecule has 0 spiro atoms. The number of nitrogens with one attached hydrogen (secondary N) is 1. The normalized spacial score (nSPS) is 11.7. The average molecular weight is 446 g/mol. The summed E-state index contributed by atoms with van der Waals surface area (Å²) < 4.78 is 30.4. The number of thiophene rings is 1. The second kappa shape index (κ2) is 9.57. The number of amides is 1. The maximum Gasteiger partial charge on any atom is 0.274 e. The van der Waals surface area contributed by atoms with Crippen LogP contribution in [0.2, 0.25) is 0 Å². The van der Waals surface area contributed by atoms with Gasteiger partial charge in [0.25, 0.3) is 10.0 Å². The van der Waals surface area contributed by atoms with Gasteiger partial charge in [-0.1, -0.05) is 39.0 Å². The van der Waals surface area contributed by atoms with Gasteiger partial charge < -0.3 is 4.57 Å². The zero-order chi connectivity index (χ0) is 21.7. The fourth-order valence-corrected chi connectivity index (χ4v) is 6.19. The Kier molecular flexibility index (Phi) is 7.10. The zero-order valence-electron chi connectivity index (χ0n) is 17.5. The van der Waals surface area contributed by atoms with E-state index in [2.05, 4.69) is 23.6 Å². The predicted molar refractivity (Wildman–Crippen MR) is 120 cm³/mol. The molecule has 3 rings (SSSR count). The van der Waals surface area contributed by atoms with Gasteiger partial charge in [0.05, 0.1) is 6.33 Å². The van der Waals surface area contributed by atoms with E-state index in [-0.39, 0.29) is 10.6 Å². The van der Waals surface area contributed by atoms with Crippen LogP contribution < -0.4 is 4.72 Å². The van der Waals surface area contributed by atoms with Crippen LogP contribution >= 0.6 is 11.3 Å². The molecule has 0 fully saturated rings. The Bertz CT molecular complexity index is 1100. The Morgan fingerprint density at radius 1 is 1.27 bits per heavy atom. The highest BCUT2D eigenvalue weighted by atomic mass is 32.2. The summed E-state index contributed by atoms with van der Waals surface area (Å²) in [7, 11) is -3.93. The number of aromatic nitrogens is 2. The van der Waals surface area contributed by atoms with Crippen LogP contribution in [0.25, 0.3) is 11.1 Å². The minimum Gasteiger partial charge on any atom is -0.333 e. The van der Waals surface area contributed by atoms with Crippen molar-refractivity contribution in [2.75, 3.05) is 0 Å². The van der Waals surface area contributed by atoms with Gasteiger partial charge in [0.15, 0.2) is 0 Å². The first-order valence-electron chi connectivity index (χ1n) is 10.0. The van der Waals surface area contributed by atoms with Crippen molar-refractivity contribution >= 4 is 27.3 Å². The van der Waals surface area contributed by atoms with Crippen LogP contribution in [0.15, 0.2) is 53.3 Å². The standard InChI is InChI=1S/C22H27N3O3S2/c1-4-6-21(26)24-30(27,28)22-20(13-19(29-22)11-16(2)3)18-8-5-7-17(12-18)14-25-10-9-23-15-25/h5,7-10,12-13,15-16H,4,6,11,14H2,1-3H3,(H,24,26). The van der Waals surface area contributed by atoms with Crippen molar-refractivity contribution < 1.29 is 13.2 Å². The quantitative estimate of drug-likeness (QED) is 0.527. The second-order valence-corrected chi connectivity index (χ2v) is 10.7. The fourth-order valence-electron chi connectivity index (χ4n) is 3.23. The first-order chi connectivity index (χ1) is 14.3. The fraction of sp³-hybridized carbons (Fsp3) is 0.364. The molecule has 0 unspecified atom stereocenters. The molecule has 2 aromatic heterocycles. The Labute approximate surface area is 182 Å². The molecule has 8 heteroatoms. The summed E-state index contributed by atoms with van der Waals surface area (Å²) >= 11 is 1.24. The number of nitrogens with zero attached hydrogens (tertiary/aromatic N) is 2. The highest BCUT2D eigenvalue weighted by molar-refractivity contribution is 7.92. The predicted octanol–water partition coefficient (Wildman–Crippen LogP) is 4.46. The summed E-state index contributed by atoms with van der Waals surface area (Å²) in [4.78, 5) is 17.1. The van der Waals surface area contributed by atoms with Gasteiger partial charge in [-0.25, -0.2) is 18.1 Å². The molecule has 160 valence electrons. The van der Waals surface area contributed by atoms with E-state index in [0.29, 0.717) is 24.4 Å². The lowest BCUT2D eigenvalue weighted by Crippen LogP contribution is -2.29. The summed E-state index contributed by atoms with van der Waals surface area (Å²) in [5, 5.41) is 0. The number of hydrogen-bond donors (Lipinski definition) is 1. The monoisotopic (exact) mass is 445 g/mol. The number of imidazole rings is 1. The molecule has 1 N–H and O–H groups in total. The molecule has 0 aliphatic rings. The maximum absolute atomic E-state index is 13.0. The van der Waals surface area contributed by atoms with Crippen LogP contribution in [0, 0.1) is 5.92 Å². The van der Waals surface area contributed by atoms with Gasteiger partial charge in [-0.2, -0.15) is 0 Å². The first kappa shape index (κ1) is 22.2. The van der Waals surface area contributed by atoms with Crippen LogP contribution in [0.1, 0.15) is 44.1 Å². The van der Waals surface area contributed by atoms with E-state index in [1.54, 1.807) is 12.5 Å². The number of benzene rings is 1. The molecule has 0 aliphatic carbocycles. The molecule has 0 aliphatic heterocycles. The van der Waals surface area contributed by atoms with Gasteiger partial charge in [0.1, 0.15) is 4.21 Å². The van der Waals surface area contributed by atoms with Crippen LogP contribution in [0.4, 0.5) is 0 Å². The molecule has 2 heterocycles. The number of carbonyl (C=O) groups is 1. The van der Waals surface area contributed by atoms with Gasteiger partial charge in [0.2, 0.25) is 5.91 Å². The largest absolute Gasteiger partial charge is 0.333 e. The van der Waals surface area contributed by atoms with E-state index in [0.717, 1.165) is 22.4 Å². The van der Waals surface area contributed by atoms with Crippen molar-refractivity contribution in [2.24, 2.45) is 5.92 Å². The van der Waals surface area contributed by atoms with E-state index >= 15 is 0 Å². The summed E-state index contributed by atoms with van der Waals surface area (Å²) in [6.45, 7) is 6.69. The number of carbonyl (C=O) groups excluding carboxylic acids is 1. The van der Waals surface area contributed by atoms with Crippen LogP contribution in [0.5, 0.6) is 0 Å². The molecule has 3 aromatic rings. The molecule has 0 atom stereocenters. The lowest BCUT2D eigenvalue weighted by atomic mass is 10.0. The number of hydrogen-bond acceptors (Lipinski definition) is 5. The molecular weight excluding hydrogens is 418 g/mol. The lowest BCUT2D eigenvalue weighted by molar-refractivity contribution is -0.119. The molecule has 0 bridgehead atoms.